The third kappa shape index (κ3) is 4.22. The molecule has 0 saturated carbocycles. The predicted molar refractivity (Wildman–Crippen MR) is 122 cm³/mol. The van der Waals surface area contributed by atoms with Crippen LogP contribution in [-0.4, -0.2) is 33.6 Å². The zero-order valence-electron chi connectivity index (χ0n) is 17.4. The molecule has 0 spiro atoms. The summed E-state index contributed by atoms with van der Waals surface area (Å²) in [7, 11) is -1.50. The van der Waals surface area contributed by atoms with Crippen LogP contribution in [0.2, 0.25) is 0 Å². The SMILES string of the molecule is COc1cc2c(cn1)COC(=O)c1cc(Br)c(OC)c(c1)S(=O)(=O)Nc1cc-2ccc1C#N. The van der Waals surface area contributed by atoms with Gasteiger partial charge in [0.25, 0.3) is 10.0 Å². The Morgan fingerprint density at radius 1 is 1.15 bits per heavy atom. The van der Waals surface area contributed by atoms with E-state index in [2.05, 4.69) is 25.6 Å². The number of nitrogens with one attached hydrogen (secondary N) is 1. The van der Waals surface area contributed by atoms with Crippen molar-refractivity contribution in [3.05, 3.63) is 63.8 Å². The first-order valence-electron chi connectivity index (χ1n) is 9.42. The van der Waals surface area contributed by atoms with Gasteiger partial charge in [0, 0.05) is 17.8 Å². The van der Waals surface area contributed by atoms with Gasteiger partial charge in [-0.2, -0.15) is 5.26 Å². The lowest BCUT2D eigenvalue weighted by molar-refractivity contribution is 0.0472. The molecular formula is C22H16BrN3O6S. The molecule has 168 valence electrons. The van der Waals surface area contributed by atoms with Gasteiger partial charge in [-0.3, -0.25) is 4.72 Å². The fourth-order valence-corrected chi connectivity index (χ4v) is 5.40. The molecule has 11 heteroatoms. The van der Waals surface area contributed by atoms with Gasteiger partial charge < -0.3 is 14.2 Å². The smallest absolute Gasteiger partial charge is 0.338 e. The van der Waals surface area contributed by atoms with E-state index in [0.717, 1.165) is 6.07 Å². The highest BCUT2D eigenvalue weighted by molar-refractivity contribution is 9.10. The van der Waals surface area contributed by atoms with Crippen molar-refractivity contribution in [2.24, 2.45) is 0 Å². The Hall–Kier alpha value is -3.62. The Morgan fingerprint density at radius 2 is 1.94 bits per heavy atom. The number of hydrogen-bond acceptors (Lipinski definition) is 8. The molecule has 0 saturated heterocycles. The van der Waals surface area contributed by atoms with Crippen molar-refractivity contribution in [3.8, 4) is 28.8 Å². The maximum Gasteiger partial charge on any atom is 0.338 e. The van der Waals surface area contributed by atoms with E-state index < -0.39 is 16.0 Å². The number of halogens is 1. The van der Waals surface area contributed by atoms with E-state index in [9.17, 15) is 18.5 Å². The van der Waals surface area contributed by atoms with Gasteiger partial charge in [0.2, 0.25) is 5.88 Å². The van der Waals surface area contributed by atoms with E-state index in [4.69, 9.17) is 14.2 Å². The van der Waals surface area contributed by atoms with E-state index in [1.807, 2.05) is 6.07 Å². The Labute approximate surface area is 198 Å². The molecule has 9 nitrogen and oxygen atoms in total. The molecule has 2 heterocycles. The first-order chi connectivity index (χ1) is 15.8. The molecular weight excluding hydrogens is 514 g/mol. The second-order valence-corrected chi connectivity index (χ2v) is 9.43. The lowest BCUT2D eigenvalue weighted by atomic mass is 9.99. The molecule has 1 aliphatic rings. The summed E-state index contributed by atoms with van der Waals surface area (Å²) >= 11 is 3.25. The summed E-state index contributed by atoms with van der Waals surface area (Å²) in [5.74, 6) is -0.419. The standard InChI is InChI=1S/C22H16BrN3O6S/c1-30-20-8-16-12-3-4-13(9-24)18(6-12)26-33(28,29)19-7-14(5-17(23)21(19)31-2)22(27)32-11-15(16)10-25-20/h3-8,10,26H,11H2,1-2H3. The van der Waals surface area contributed by atoms with Crippen LogP contribution in [0.25, 0.3) is 11.1 Å². The normalized spacial score (nSPS) is 14.2. The first-order valence-corrected chi connectivity index (χ1v) is 11.7. The Bertz CT molecular complexity index is 1430. The summed E-state index contributed by atoms with van der Waals surface area (Å²) in [4.78, 5) is 16.7. The number of carbonyl (C=O) groups excluding carboxylic acids is 1. The van der Waals surface area contributed by atoms with Crippen LogP contribution in [0.3, 0.4) is 0 Å². The van der Waals surface area contributed by atoms with E-state index in [1.165, 1.54) is 38.6 Å². The lowest BCUT2D eigenvalue weighted by Gasteiger charge is -2.15. The second-order valence-electron chi connectivity index (χ2n) is 6.93. The van der Waals surface area contributed by atoms with Crippen LogP contribution in [0.5, 0.6) is 11.6 Å². The van der Waals surface area contributed by atoms with Crippen LogP contribution in [0, 0.1) is 11.3 Å². The number of nitriles is 1. The summed E-state index contributed by atoms with van der Waals surface area (Å²) in [6.07, 6.45) is 1.51. The monoisotopic (exact) mass is 529 g/mol. The molecule has 0 unspecified atom stereocenters. The van der Waals surface area contributed by atoms with Gasteiger partial charge in [0.05, 0.1) is 35.5 Å². The summed E-state index contributed by atoms with van der Waals surface area (Å²) < 4.78 is 45.3. The molecule has 0 radical (unpaired) electrons. The van der Waals surface area contributed by atoms with Gasteiger partial charge in [0.15, 0.2) is 5.75 Å². The predicted octanol–water partition coefficient (Wildman–Crippen LogP) is 3.87. The molecule has 33 heavy (non-hydrogen) atoms. The number of fused-ring (bicyclic) bond motifs is 6. The molecule has 1 N–H and O–H groups in total. The summed E-state index contributed by atoms with van der Waals surface area (Å²) in [5, 5.41) is 9.55. The van der Waals surface area contributed by atoms with Crippen LogP contribution < -0.4 is 14.2 Å². The number of esters is 1. The summed E-state index contributed by atoms with van der Waals surface area (Å²) in [6.45, 7) is -0.125. The zero-order valence-corrected chi connectivity index (χ0v) is 19.8. The third-order valence-electron chi connectivity index (χ3n) is 4.96. The number of anilines is 1. The molecule has 2 aromatic carbocycles. The van der Waals surface area contributed by atoms with Crippen molar-refractivity contribution in [2.45, 2.75) is 11.5 Å². The van der Waals surface area contributed by atoms with Gasteiger partial charge >= 0.3 is 5.97 Å². The minimum Gasteiger partial charge on any atom is -0.494 e. The van der Waals surface area contributed by atoms with E-state index >= 15 is 0 Å². The number of nitrogens with zero attached hydrogens (tertiary/aromatic N) is 2. The highest BCUT2D eigenvalue weighted by Crippen LogP contribution is 2.37. The summed E-state index contributed by atoms with van der Waals surface area (Å²) in [5.41, 5.74) is 1.90. The lowest BCUT2D eigenvalue weighted by Crippen LogP contribution is -2.16. The fraction of sp³-hybridized carbons (Fsp3) is 0.136. The number of ether oxygens (including phenoxy) is 3. The van der Waals surface area contributed by atoms with Crippen LogP contribution in [0.15, 0.2) is 52.0 Å². The molecule has 3 aromatic rings. The van der Waals surface area contributed by atoms with E-state index in [0.29, 0.717) is 22.6 Å². The van der Waals surface area contributed by atoms with Crippen molar-refractivity contribution >= 4 is 37.6 Å². The first kappa shape index (κ1) is 22.6. The van der Waals surface area contributed by atoms with Crippen LogP contribution in [-0.2, 0) is 21.4 Å². The maximum absolute atomic E-state index is 13.3. The maximum atomic E-state index is 13.3. The van der Waals surface area contributed by atoms with E-state index in [-0.39, 0.29) is 38.5 Å². The molecule has 4 bridgehead atoms. The molecule has 0 atom stereocenters. The zero-order chi connectivity index (χ0) is 23.8. The second kappa shape index (κ2) is 8.73. The average molecular weight is 530 g/mol. The minimum absolute atomic E-state index is 0.000747. The van der Waals surface area contributed by atoms with Crippen LogP contribution in [0.1, 0.15) is 21.5 Å². The van der Waals surface area contributed by atoms with Gasteiger partial charge in [-0.1, -0.05) is 6.07 Å². The molecule has 0 amide bonds. The number of hydrogen-bond donors (Lipinski definition) is 1. The molecule has 1 aliphatic heterocycles. The van der Waals surface area contributed by atoms with Crippen molar-refractivity contribution in [2.75, 3.05) is 18.9 Å². The average Bonchev–Trinajstić information content (AvgIpc) is 2.81. The largest absolute Gasteiger partial charge is 0.494 e. The van der Waals surface area contributed by atoms with Gasteiger partial charge in [-0.15, -0.1) is 0 Å². The topological polar surface area (TPSA) is 128 Å². The number of pyridine rings is 1. The van der Waals surface area contributed by atoms with Crippen molar-refractivity contribution < 1.29 is 27.4 Å². The highest BCUT2D eigenvalue weighted by Gasteiger charge is 2.27. The number of rotatable bonds is 2. The molecule has 0 aliphatic carbocycles. The number of carbonyl (C=O) groups is 1. The number of benzene rings is 2. The number of cyclic esters (lactones) is 1. The van der Waals surface area contributed by atoms with E-state index in [1.54, 1.807) is 12.1 Å². The fourth-order valence-electron chi connectivity index (χ4n) is 3.36. The minimum atomic E-state index is -4.27. The number of aromatic nitrogens is 1. The molecule has 4 rings (SSSR count). The molecule has 1 aromatic heterocycles. The Kier molecular flexibility index (Phi) is 5.97. The summed E-state index contributed by atoms with van der Waals surface area (Å²) in [6, 6.07) is 10.9. The van der Waals surface area contributed by atoms with Crippen LogP contribution >= 0.6 is 15.9 Å². The molecule has 0 fully saturated rings. The number of sulfonamides is 1. The van der Waals surface area contributed by atoms with Crippen molar-refractivity contribution in [3.63, 3.8) is 0 Å². The van der Waals surface area contributed by atoms with Crippen LogP contribution in [0.4, 0.5) is 5.69 Å². The highest BCUT2D eigenvalue weighted by atomic mass is 79.9. The van der Waals surface area contributed by atoms with Crippen molar-refractivity contribution in [1.82, 2.24) is 4.98 Å². The van der Waals surface area contributed by atoms with Crippen molar-refractivity contribution in [1.29, 1.82) is 5.26 Å². The van der Waals surface area contributed by atoms with Gasteiger partial charge in [-0.05, 0) is 51.3 Å². The van der Waals surface area contributed by atoms with Gasteiger partial charge in [0.1, 0.15) is 17.6 Å². The Balaban J connectivity index is 2.01. The Morgan fingerprint density at radius 3 is 2.64 bits per heavy atom. The van der Waals surface area contributed by atoms with Gasteiger partial charge in [-0.25, -0.2) is 18.2 Å². The quantitative estimate of drug-likeness (QED) is 0.495. The third-order valence-corrected chi connectivity index (χ3v) is 6.92. The number of methoxy groups -OCH3 is 2.